The van der Waals surface area contributed by atoms with Gasteiger partial charge < -0.3 is 10.1 Å². The minimum atomic E-state index is 0.657. The van der Waals surface area contributed by atoms with Crippen LogP contribution in [0.25, 0.3) is 0 Å². The van der Waals surface area contributed by atoms with E-state index in [-0.39, 0.29) is 0 Å². The molecule has 1 N–H and O–H groups in total. The second-order valence-electron chi connectivity index (χ2n) is 4.30. The lowest BCUT2D eigenvalue weighted by atomic mass is 10.3. The summed E-state index contributed by atoms with van der Waals surface area (Å²) in [6, 6.07) is 1.52. The third-order valence-electron chi connectivity index (χ3n) is 2.96. The van der Waals surface area contributed by atoms with Gasteiger partial charge in [-0.25, -0.2) is 0 Å². The summed E-state index contributed by atoms with van der Waals surface area (Å²) in [7, 11) is 3.99. The molecule has 84 valence electrons. The van der Waals surface area contributed by atoms with Gasteiger partial charge in [-0.15, -0.1) is 0 Å². The van der Waals surface area contributed by atoms with Gasteiger partial charge in [0.05, 0.1) is 0 Å². The summed E-state index contributed by atoms with van der Waals surface area (Å²) in [5, 5.41) is 3.46. The maximum Gasteiger partial charge on any atom is 0.0474 e. The summed E-state index contributed by atoms with van der Waals surface area (Å²) in [5.74, 6) is 0. The van der Waals surface area contributed by atoms with Crippen molar-refractivity contribution in [1.29, 1.82) is 0 Å². The highest BCUT2D eigenvalue weighted by atomic mass is 16.5. The summed E-state index contributed by atoms with van der Waals surface area (Å²) in [6.07, 6.45) is 3.89. The predicted octanol–water partition coefficient (Wildman–Crippen LogP) is 1.10. The number of nitrogens with zero attached hydrogens (tertiary/aromatic N) is 1. The van der Waals surface area contributed by atoms with Gasteiger partial charge in [0.2, 0.25) is 0 Å². The van der Waals surface area contributed by atoms with Crippen LogP contribution in [0.3, 0.4) is 0 Å². The average molecular weight is 200 g/mol. The Balaban J connectivity index is 1.94. The molecule has 14 heavy (non-hydrogen) atoms. The highest BCUT2D eigenvalue weighted by Gasteiger charge is 2.28. The van der Waals surface area contributed by atoms with Crippen LogP contribution in [0, 0.1) is 0 Å². The molecular weight excluding hydrogens is 176 g/mol. The molecule has 0 aromatic heterocycles. The second kappa shape index (κ2) is 6.38. The standard InChI is InChI=1S/C11H24N2O/c1-10(13(2)11-5-6-11)9-12-7-4-8-14-3/h10-12H,4-9H2,1-3H3. The topological polar surface area (TPSA) is 24.5 Å². The van der Waals surface area contributed by atoms with E-state index in [1.54, 1.807) is 7.11 Å². The van der Waals surface area contributed by atoms with Gasteiger partial charge in [-0.2, -0.15) is 0 Å². The molecule has 0 heterocycles. The third kappa shape index (κ3) is 4.40. The first-order valence-electron chi connectivity index (χ1n) is 5.67. The van der Waals surface area contributed by atoms with E-state index in [9.17, 15) is 0 Å². The number of rotatable bonds is 8. The molecule has 1 aliphatic carbocycles. The van der Waals surface area contributed by atoms with Crippen molar-refractivity contribution in [2.45, 2.75) is 38.3 Å². The first kappa shape index (κ1) is 12.0. The number of likely N-dealkylation sites (N-methyl/N-ethyl adjacent to an activating group) is 1. The molecule has 0 aromatic carbocycles. The molecule has 1 rings (SSSR count). The maximum absolute atomic E-state index is 4.99. The van der Waals surface area contributed by atoms with Crippen LogP contribution in [0.5, 0.6) is 0 Å². The summed E-state index contributed by atoms with van der Waals surface area (Å²) in [6.45, 7) is 5.31. The van der Waals surface area contributed by atoms with Crippen LogP contribution in [0.1, 0.15) is 26.2 Å². The van der Waals surface area contributed by atoms with Gasteiger partial charge in [-0.05, 0) is 39.8 Å². The van der Waals surface area contributed by atoms with Crippen molar-refractivity contribution < 1.29 is 4.74 Å². The summed E-state index contributed by atoms with van der Waals surface area (Å²) >= 11 is 0. The predicted molar refractivity (Wildman–Crippen MR) is 59.6 cm³/mol. The van der Waals surface area contributed by atoms with E-state index < -0.39 is 0 Å². The molecule has 0 saturated heterocycles. The van der Waals surface area contributed by atoms with Crippen molar-refractivity contribution in [3.8, 4) is 0 Å². The lowest BCUT2D eigenvalue weighted by Crippen LogP contribution is -2.39. The Labute approximate surface area is 87.8 Å². The van der Waals surface area contributed by atoms with Gasteiger partial charge in [0.1, 0.15) is 0 Å². The number of methoxy groups -OCH3 is 1. The zero-order valence-corrected chi connectivity index (χ0v) is 9.75. The van der Waals surface area contributed by atoms with Crippen molar-refractivity contribution in [3.63, 3.8) is 0 Å². The molecule has 1 unspecified atom stereocenters. The Hall–Kier alpha value is -0.120. The highest BCUT2D eigenvalue weighted by molar-refractivity contribution is 4.85. The van der Waals surface area contributed by atoms with Crippen molar-refractivity contribution >= 4 is 0 Å². The van der Waals surface area contributed by atoms with Gasteiger partial charge in [0.25, 0.3) is 0 Å². The normalized spacial score (nSPS) is 18.9. The van der Waals surface area contributed by atoms with E-state index in [0.717, 1.165) is 32.2 Å². The Kier molecular flexibility index (Phi) is 5.45. The van der Waals surface area contributed by atoms with Crippen molar-refractivity contribution in [2.24, 2.45) is 0 Å². The lowest BCUT2D eigenvalue weighted by Gasteiger charge is -2.24. The first-order chi connectivity index (χ1) is 6.75. The van der Waals surface area contributed by atoms with Crippen LogP contribution in [0.4, 0.5) is 0 Å². The summed E-state index contributed by atoms with van der Waals surface area (Å²) in [4.78, 5) is 2.49. The number of nitrogens with one attached hydrogen (secondary N) is 1. The molecule has 0 bridgehead atoms. The van der Waals surface area contributed by atoms with Gasteiger partial charge >= 0.3 is 0 Å². The number of hydrogen-bond acceptors (Lipinski definition) is 3. The minimum absolute atomic E-state index is 0.657. The molecule has 1 atom stereocenters. The van der Waals surface area contributed by atoms with Gasteiger partial charge in [0, 0.05) is 32.3 Å². The molecule has 3 nitrogen and oxygen atoms in total. The largest absolute Gasteiger partial charge is 0.385 e. The van der Waals surface area contributed by atoms with Crippen LogP contribution in [-0.4, -0.2) is 50.8 Å². The van der Waals surface area contributed by atoms with Crippen molar-refractivity contribution in [2.75, 3.05) is 33.9 Å². The van der Waals surface area contributed by atoms with Crippen molar-refractivity contribution in [1.82, 2.24) is 10.2 Å². The zero-order chi connectivity index (χ0) is 10.4. The molecule has 1 fully saturated rings. The van der Waals surface area contributed by atoms with E-state index in [2.05, 4.69) is 24.2 Å². The first-order valence-corrected chi connectivity index (χ1v) is 5.67. The van der Waals surface area contributed by atoms with Crippen LogP contribution in [0.15, 0.2) is 0 Å². The van der Waals surface area contributed by atoms with Crippen LogP contribution >= 0.6 is 0 Å². The molecule has 1 saturated carbocycles. The molecule has 0 radical (unpaired) electrons. The molecule has 0 amide bonds. The molecule has 0 spiro atoms. The molecular formula is C11H24N2O. The molecule has 3 heteroatoms. The number of ether oxygens (including phenoxy) is 1. The lowest BCUT2D eigenvalue weighted by molar-refractivity contribution is 0.191. The fraction of sp³-hybridized carbons (Fsp3) is 1.00. The van der Waals surface area contributed by atoms with E-state index in [0.29, 0.717) is 6.04 Å². The summed E-state index contributed by atoms with van der Waals surface area (Å²) in [5.41, 5.74) is 0. The molecule has 0 aliphatic heterocycles. The van der Waals surface area contributed by atoms with Crippen LogP contribution < -0.4 is 5.32 Å². The van der Waals surface area contributed by atoms with E-state index in [4.69, 9.17) is 4.74 Å². The van der Waals surface area contributed by atoms with Crippen LogP contribution in [-0.2, 0) is 4.74 Å². The van der Waals surface area contributed by atoms with Gasteiger partial charge in [-0.1, -0.05) is 0 Å². The zero-order valence-electron chi connectivity index (χ0n) is 9.75. The van der Waals surface area contributed by atoms with Gasteiger partial charge in [0.15, 0.2) is 0 Å². The monoisotopic (exact) mass is 200 g/mol. The fourth-order valence-corrected chi connectivity index (χ4v) is 1.64. The third-order valence-corrected chi connectivity index (χ3v) is 2.96. The second-order valence-corrected chi connectivity index (χ2v) is 4.30. The van der Waals surface area contributed by atoms with E-state index in [1.807, 2.05) is 0 Å². The Bertz CT molecular complexity index is 148. The Morgan fingerprint density at radius 3 is 2.79 bits per heavy atom. The Morgan fingerprint density at radius 1 is 1.50 bits per heavy atom. The summed E-state index contributed by atoms with van der Waals surface area (Å²) < 4.78 is 4.99. The minimum Gasteiger partial charge on any atom is -0.385 e. The average Bonchev–Trinajstić information content (AvgIpc) is 2.99. The quantitative estimate of drug-likeness (QED) is 0.594. The highest BCUT2D eigenvalue weighted by Crippen LogP contribution is 2.26. The fourth-order valence-electron chi connectivity index (χ4n) is 1.64. The Morgan fingerprint density at radius 2 is 2.21 bits per heavy atom. The van der Waals surface area contributed by atoms with E-state index in [1.165, 1.54) is 12.8 Å². The molecule has 0 aromatic rings. The van der Waals surface area contributed by atoms with E-state index >= 15 is 0 Å². The van der Waals surface area contributed by atoms with Crippen LogP contribution in [0.2, 0.25) is 0 Å². The molecule has 1 aliphatic rings. The van der Waals surface area contributed by atoms with Gasteiger partial charge in [-0.3, -0.25) is 4.90 Å². The van der Waals surface area contributed by atoms with Crippen molar-refractivity contribution in [3.05, 3.63) is 0 Å². The maximum atomic E-state index is 4.99. The SMILES string of the molecule is COCCCNCC(C)N(C)C1CC1. The number of hydrogen-bond donors (Lipinski definition) is 1. The smallest absolute Gasteiger partial charge is 0.0474 e.